The second-order valence-corrected chi connectivity index (χ2v) is 13.6. The molecule has 8 nitrogen and oxygen atoms in total. The predicted octanol–water partition coefficient (Wildman–Crippen LogP) is 5.58. The molecule has 0 bridgehead atoms. The van der Waals surface area contributed by atoms with Crippen molar-refractivity contribution in [3.05, 3.63) is 81.6 Å². The Kier molecular flexibility index (Phi) is 12.5. The lowest BCUT2D eigenvalue weighted by Crippen LogP contribution is -2.33. The van der Waals surface area contributed by atoms with Gasteiger partial charge in [0.2, 0.25) is 11.8 Å². The third-order valence-electron chi connectivity index (χ3n) is 7.35. The first-order chi connectivity index (χ1) is 21.2. The topological polar surface area (TPSA) is 81.2 Å². The first-order valence-corrected chi connectivity index (χ1v) is 17.1. The van der Waals surface area contributed by atoms with E-state index in [-0.39, 0.29) is 46.3 Å². The predicted molar refractivity (Wildman–Crippen MR) is 184 cm³/mol. The normalized spacial score (nSPS) is 16.7. The van der Waals surface area contributed by atoms with Gasteiger partial charge in [0.15, 0.2) is 0 Å². The van der Waals surface area contributed by atoms with E-state index in [9.17, 15) is 19.2 Å². The zero-order valence-corrected chi connectivity index (χ0v) is 28.2. The summed E-state index contributed by atoms with van der Waals surface area (Å²) in [6.07, 6.45) is 1.49. The van der Waals surface area contributed by atoms with Gasteiger partial charge in [-0.2, -0.15) is 0 Å². The summed E-state index contributed by atoms with van der Waals surface area (Å²) in [6, 6.07) is 19.7. The molecule has 0 N–H and O–H groups in total. The molecule has 12 heteroatoms. The Morgan fingerprint density at radius 3 is 1.36 bits per heavy atom. The molecule has 232 valence electrons. The Morgan fingerprint density at radius 2 is 1.02 bits per heavy atom. The summed E-state index contributed by atoms with van der Waals surface area (Å²) in [5.41, 5.74) is 2.13. The van der Waals surface area contributed by atoms with Crippen LogP contribution < -0.4 is 0 Å². The Balaban J connectivity index is 1.28. The average Bonchev–Trinajstić information content (AvgIpc) is 3.47. The molecular formula is C32H36N4O4S4. The molecule has 44 heavy (non-hydrogen) atoms. The van der Waals surface area contributed by atoms with Gasteiger partial charge in [0, 0.05) is 52.1 Å². The molecule has 0 radical (unpaired) electrons. The van der Waals surface area contributed by atoms with Gasteiger partial charge in [-0.05, 0) is 37.8 Å². The van der Waals surface area contributed by atoms with Crippen LogP contribution in [0.15, 0.2) is 70.5 Å². The van der Waals surface area contributed by atoms with Gasteiger partial charge in [-0.25, -0.2) is 0 Å². The SMILES string of the molecule is CCN(Cc1ccccc1)C(=O)CCCN1C(=O)C(=C2SC(=S)N(CCCC(=O)N(CC)Cc3ccccc3)C2=O)SC1=S. The molecule has 2 aliphatic heterocycles. The molecule has 0 aliphatic carbocycles. The number of benzene rings is 2. The van der Waals surface area contributed by atoms with Crippen molar-refractivity contribution in [1.29, 1.82) is 0 Å². The molecule has 4 amide bonds. The van der Waals surface area contributed by atoms with Crippen LogP contribution in [-0.4, -0.2) is 78.0 Å². The maximum atomic E-state index is 13.3. The van der Waals surface area contributed by atoms with E-state index in [0.29, 0.717) is 60.8 Å². The number of rotatable bonds is 14. The fourth-order valence-corrected chi connectivity index (χ4v) is 7.68. The van der Waals surface area contributed by atoms with E-state index in [2.05, 4.69) is 0 Å². The minimum atomic E-state index is -0.334. The number of carbonyl (C=O) groups excluding carboxylic acids is 4. The van der Waals surface area contributed by atoms with Crippen molar-refractivity contribution in [2.24, 2.45) is 0 Å². The number of amides is 4. The van der Waals surface area contributed by atoms with Crippen LogP contribution in [0.25, 0.3) is 0 Å². The first-order valence-electron chi connectivity index (χ1n) is 14.7. The van der Waals surface area contributed by atoms with E-state index in [0.717, 1.165) is 34.7 Å². The lowest BCUT2D eigenvalue weighted by Gasteiger charge is -2.22. The Labute approximate surface area is 278 Å². The standard InChI is InChI=1S/C32H36N4O4S4/c1-3-33(21-23-13-7-5-8-14-23)25(37)17-11-19-35-29(39)27(43-31(35)41)28-30(40)36(32(42)44-28)20-12-18-26(38)34(4-2)22-24-15-9-6-10-16-24/h5-10,13-16H,3-4,11-12,17-22H2,1-2H3. The van der Waals surface area contributed by atoms with E-state index >= 15 is 0 Å². The first kappa shape index (κ1) is 33.8. The van der Waals surface area contributed by atoms with Gasteiger partial charge >= 0.3 is 0 Å². The molecule has 2 fully saturated rings. The molecule has 2 aromatic carbocycles. The Hall–Kier alpha value is -3.06. The van der Waals surface area contributed by atoms with E-state index in [1.54, 1.807) is 9.80 Å². The molecule has 2 aliphatic rings. The van der Waals surface area contributed by atoms with Crippen molar-refractivity contribution in [1.82, 2.24) is 19.6 Å². The fraction of sp³-hybridized carbons (Fsp3) is 0.375. The molecule has 2 aromatic rings. The van der Waals surface area contributed by atoms with Gasteiger partial charge in [-0.15, -0.1) is 0 Å². The smallest absolute Gasteiger partial charge is 0.267 e. The largest absolute Gasteiger partial charge is 0.339 e. The summed E-state index contributed by atoms with van der Waals surface area (Å²) < 4.78 is 0.728. The Bertz CT molecular complexity index is 1330. The van der Waals surface area contributed by atoms with Gasteiger partial charge in [-0.1, -0.05) is 109 Å². The van der Waals surface area contributed by atoms with Crippen LogP contribution in [0.5, 0.6) is 0 Å². The zero-order chi connectivity index (χ0) is 31.6. The Morgan fingerprint density at radius 1 is 0.659 bits per heavy atom. The van der Waals surface area contributed by atoms with Crippen molar-refractivity contribution in [2.75, 3.05) is 26.2 Å². The van der Waals surface area contributed by atoms with Gasteiger partial charge < -0.3 is 9.80 Å². The zero-order valence-electron chi connectivity index (χ0n) is 24.9. The molecule has 2 saturated heterocycles. The van der Waals surface area contributed by atoms with Crippen LogP contribution in [0, 0.1) is 0 Å². The van der Waals surface area contributed by atoms with Crippen molar-refractivity contribution >= 4 is 80.2 Å². The van der Waals surface area contributed by atoms with Crippen LogP contribution in [-0.2, 0) is 32.3 Å². The van der Waals surface area contributed by atoms with Crippen LogP contribution in [0.4, 0.5) is 0 Å². The second kappa shape index (κ2) is 16.3. The maximum absolute atomic E-state index is 13.3. The number of hydrogen-bond acceptors (Lipinski definition) is 8. The van der Waals surface area contributed by atoms with Gasteiger partial charge in [-0.3, -0.25) is 29.0 Å². The highest BCUT2D eigenvalue weighted by atomic mass is 32.2. The van der Waals surface area contributed by atoms with Gasteiger partial charge in [0.1, 0.15) is 8.64 Å². The lowest BCUT2D eigenvalue weighted by molar-refractivity contribution is -0.132. The van der Waals surface area contributed by atoms with Gasteiger partial charge in [0.25, 0.3) is 11.8 Å². The molecule has 0 saturated carbocycles. The fourth-order valence-electron chi connectivity index (χ4n) is 4.91. The van der Waals surface area contributed by atoms with Crippen LogP contribution in [0.1, 0.15) is 50.7 Å². The molecule has 0 atom stereocenters. The number of nitrogens with zero attached hydrogens (tertiary/aromatic N) is 4. The molecule has 0 unspecified atom stereocenters. The minimum absolute atomic E-state index is 0.0169. The van der Waals surface area contributed by atoms with Crippen LogP contribution >= 0.6 is 48.0 Å². The average molecular weight is 669 g/mol. The lowest BCUT2D eigenvalue weighted by atomic mass is 10.2. The number of thiocarbonyl (C=S) groups is 2. The molecule has 4 rings (SSSR count). The van der Waals surface area contributed by atoms with E-state index in [4.69, 9.17) is 24.4 Å². The molecule has 0 aromatic heterocycles. The monoisotopic (exact) mass is 668 g/mol. The van der Waals surface area contributed by atoms with Crippen molar-refractivity contribution < 1.29 is 19.2 Å². The van der Waals surface area contributed by atoms with Gasteiger partial charge in [0.05, 0.1) is 9.81 Å². The van der Waals surface area contributed by atoms with Crippen molar-refractivity contribution in [3.8, 4) is 0 Å². The third-order valence-corrected chi connectivity index (χ3v) is 10.4. The second-order valence-electron chi connectivity index (χ2n) is 10.3. The third kappa shape index (κ3) is 8.56. The van der Waals surface area contributed by atoms with Crippen LogP contribution in [0.2, 0.25) is 0 Å². The minimum Gasteiger partial charge on any atom is -0.339 e. The summed E-state index contributed by atoms with van der Waals surface area (Å²) >= 11 is 13.2. The highest BCUT2D eigenvalue weighted by molar-refractivity contribution is 8.29. The van der Waals surface area contributed by atoms with Crippen LogP contribution in [0.3, 0.4) is 0 Å². The summed E-state index contributed by atoms with van der Waals surface area (Å²) in [6.45, 7) is 6.75. The van der Waals surface area contributed by atoms with E-state index < -0.39 is 0 Å². The molecular weight excluding hydrogens is 633 g/mol. The number of thioether (sulfide) groups is 2. The summed E-state index contributed by atoms with van der Waals surface area (Å²) in [5, 5.41) is 0. The van der Waals surface area contributed by atoms with Crippen molar-refractivity contribution in [3.63, 3.8) is 0 Å². The number of carbonyl (C=O) groups is 4. The summed E-state index contributed by atoms with van der Waals surface area (Å²) in [7, 11) is 0. The highest BCUT2D eigenvalue weighted by Crippen LogP contribution is 2.42. The molecule has 0 spiro atoms. The van der Waals surface area contributed by atoms with E-state index in [1.165, 1.54) is 9.80 Å². The van der Waals surface area contributed by atoms with E-state index in [1.807, 2.05) is 74.5 Å². The molecule has 2 heterocycles. The highest BCUT2D eigenvalue weighted by Gasteiger charge is 2.41. The summed E-state index contributed by atoms with van der Waals surface area (Å²) in [5.74, 6) is -0.634. The summed E-state index contributed by atoms with van der Waals surface area (Å²) in [4.78, 5) is 59.4. The van der Waals surface area contributed by atoms with Crippen molar-refractivity contribution in [2.45, 2.75) is 52.6 Å². The quantitative estimate of drug-likeness (QED) is 0.191. The maximum Gasteiger partial charge on any atom is 0.267 e. The number of hydrogen-bond donors (Lipinski definition) is 0.